The second-order valence-corrected chi connectivity index (χ2v) is 4.72. The first-order chi connectivity index (χ1) is 9.06. The molecular weight excluding hydrogens is 261 g/mol. The fourth-order valence-electron chi connectivity index (χ4n) is 1.72. The van der Waals surface area contributed by atoms with Gasteiger partial charge in [0.05, 0.1) is 0 Å². The van der Waals surface area contributed by atoms with Gasteiger partial charge in [-0.1, -0.05) is 30.4 Å². The van der Waals surface area contributed by atoms with Gasteiger partial charge in [-0.25, -0.2) is 4.39 Å². The lowest BCUT2D eigenvalue weighted by atomic mass is 10.1. The zero-order chi connectivity index (χ0) is 13.8. The third kappa shape index (κ3) is 3.51. The summed E-state index contributed by atoms with van der Waals surface area (Å²) in [7, 11) is 0. The number of hydrogen-bond acceptors (Lipinski definition) is 2. The minimum Gasteiger partial charge on any atom is -0.489 e. The van der Waals surface area contributed by atoms with Crippen LogP contribution in [0.5, 0.6) is 5.75 Å². The molecule has 0 saturated carbocycles. The number of thiocarbonyl (C=S) groups is 1. The third-order valence-electron chi connectivity index (χ3n) is 2.69. The Morgan fingerprint density at radius 3 is 2.74 bits per heavy atom. The molecule has 0 aromatic heterocycles. The van der Waals surface area contributed by atoms with Crippen LogP contribution >= 0.6 is 12.2 Å². The highest BCUT2D eigenvalue weighted by atomic mass is 32.1. The number of rotatable bonds is 4. The Kier molecular flexibility index (Phi) is 4.12. The highest BCUT2D eigenvalue weighted by Crippen LogP contribution is 2.16. The molecule has 2 N–H and O–H groups in total. The molecule has 0 aliphatic heterocycles. The average Bonchev–Trinajstić information content (AvgIpc) is 2.37. The number of aryl methyl sites for hydroxylation is 1. The highest BCUT2D eigenvalue weighted by molar-refractivity contribution is 7.80. The van der Waals surface area contributed by atoms with E-state index in [2.05, 4.69) is 0 Å². The van der Waals surface area contributed by atoms with Crippen LogP contribution in [0.1, 0.15) is 16.7 Å². The maximum Gasteiger partial charge on any atom is 0.133 e. The Bertz CT molecular complexity index is 613. The smallest absolute Gasteiger partial charge is 0.133 e. The standard InChI is InChI=1S/C15H14FNOS/c1-10-3-2-4-12(7-10)18-9-11-5-6-14(16)13(8-11)15(17)19/h2-8H,9H2,1H3,(H2,17,19). The van der Waals surface area contributed by atoms with Crippen LogP contribution in [0.4, 0.5) is 4.39 Å². The van der Waals surface area contributed by atoms with Crippen molar-refractivity contribution in [2.45, 2.75) is 13.5 Å². The van der Waals surface area contributed by atoms with Crippen molar-refractivity contribution >= 4 is 17.2 Å². The number of halogens is 1. The van der Waals surface area contributed by atoms with E-state index in [9.17, 15) is 4.39 Å². The van der Waals surface area contributed by atoms with E-state index in [1.807, 2.05) is 31.2 Å². The molecular formula is C15H14FNOS. The fraction of sp³-hybridized carbons (Fsp3) is 0.133. The Hall–Kier alpha value is -1.94. The van der Waals surface area contributed by atoms with Gasteiger partial charge in [0.15, 0.2) is 0 Å². The van der Waals surface area contributed by atoms with Crippen molar-refractivity contribution in [3.05, 3.63) is 65.0 Å². The summed E-state index contributed by atoms with van der Waals surface area (Å²) < 4.78 is 19.1. The number of nitrogens with two attached hydrogens (primary N) is 1. The molecule has 2 rings (SSSR count). The van der Waals surface area contributed by atoms with Gasteiger partial charge < -0.3 is 10.5 Å². The first kappa shape index (κ1) is 13.5. The zero-order valence-corrected chi connectivity index (χ0v) is 11.3. The first-order valence-corrected chi connectivity index (χ1v) is 6.25. The highest BCUT2D eigenvalue weighted by Gasteiger charge is 2.06. The SMILES string of the molecule is Cc1cccc(OCc2ccc(F)c(C(N)=S)c2)c1. The average molecular weight is 275 g/mol. The first-order valence-electron chi connectivity index (χ1n) is 5.84. The minimum absolute atomic E-state index is 0.0508. The van der Waals surface area contributed by atoms with E-state index >= 15 is 0 Å². The molecule has 19 heavy (non-hydrogen) atoms. The van der Waals surface area contributed by atoms with Crippen molar-refractivity contribution < 1.29 is 9.13 Å². The van der Waals surface area contributed by atoms with Crippen LogP contribution < -0.4 is 10.5 Å². The van der Waals surface area contributed by atoms with Crippen LogP contribution in [0.25, 0.3) is 0 Å². The Balaban J connectivity index is 2.12. The molecule has 4 heteroatoms. The second kappa shape index (κ2) is 5.80. The molecule has 0 radical (unpaired) electrons. The van der Waals surface area contributed by atoms with Gasteiger partial charge in [-0.2, -0.15) is 0 Å². The van der Waals surface area contributed by atoms with Gasteiger partial charge in [0.2, 0.25) is 0 Å². The predicted octanol–water partition coefficient (Wildman–Crippen LogP) is 3.35. The predicted molar refractivity (Wildman–Crippen MR) is 77.8 cm³/mol. The van der Waals surface area contributed by atoms with Crippen molar-refractivity contribution in [3.8, 4) is 5.75 Å². The summed E-state index contributed by atoms with van der Waals surface area (Å²) in [6.45, 7) is 2.34. The number of benzene rings is 2. The van der Waals surface area contributed by atoms with E-state index in [4.69, 9.17) is 22.7 Å². The van der Waals surface area contributed by atoms with Gasteiger partial charge in [-0.05, 0) is 42.3 Å². The molecule has 98 valence electrons. The van der Waals surface area contributed by atoms with E-state index in [1.165, 1.54) is 6.07 Å². The molecule has 0 aliphatic carbocycles. The normalized spacial score (nSPS) is 10.2. The summed E-state index contributed by atoms with van der Waals surface area (Å²) in [5.41, 5.74) is 7.66. The van der Waals surface area contributed by atoms with Gasteiger partial charge >= 0.3 is 0 Å². The van der Waals surface area contributed by atoms with Crippen molar-refractivity contribution in [2.75, 3.05) is 0 Å². The summed E-state index contributed by atoms with van der Waals surface area (Å²) in [6.07, 6.45) is 0. The van der Waals surface area contributed by atoms with Crippen LogP contribution in [0.15, 0.2) is 42.5 Å². The Labute approximate surface area is 117 Å². The van der Waals surface area contributed by atoms with Crippen molar-refractivity contribution in [3.63, 3.8) is 0 Å². The van der Waals surface area contributed by atoms with Gasteiger partial charge in [0.25, 0.3) is 0 Å². The molecule has 0 atom stereocenters. The second-order valence-electron chi connectivity index (χ2n) is 4.28. The molecule has 0 aliphatic rings. The topological polar surface area (TPSA) is 35.2 Å². The Morgan fingerprint density at radius 2 is 2.05 bits per heavy atom. The van der Waals surface area contributed by atoms with Crippen molar-refractivity contribution in [1.29, 1.82) is 0 Å². The quantitative estimate of drug-likeness (QED) is 0.869. The van der Waals surface area contributed by atoms with Crippen LogP contribution in [-0.4, -0.2) is 4.99 Å². The van der Waals surface area contributed by atoms with E-state index in [0.717, 1.165) is 16.9 Å². The van der Waals surface area contributed by atoms with Crippen molar-refractivity contribution in [1.82, 2.24) is 0 Å². The summed E-state index contributed by atoms with van der Waals surface area (Å²) in [5, 5.41) is 0. The molecule has 0 bridgehead atoms. The van der Waals surface area contributed by atoms with E-state index in [-0.39, 0.29) is 10.6 Å². The number of ether oxygens (including phenoxy) is 1. The molecule has 0 spiro atoms. The van der Waals surface area contributed by atoms with Crippen LogP contribution in [-0.2, 0) is 6.61 Å². The van der Waals surface area contributed by atoms with E-state index < -0.39 is 5.82 Å². The van der Waals surface area contributed by atoms with E-state index in [0.29, 0.717) is 6.61 Å². The lowest BCUT2D eigenvalue weighted by Crippen LogP contribution is -2.12. The molecule has 0 unspecified atom stereocenters. The Morgan fingerprint density at radius 1 is 1.26 bits per heavy atom. The molecule has 2 aromatic carbocycles. The van der Waals surface area contributed by atoms with Crippen LogP contribution in [0.2, 0.25) is 0 Å². The van der Waals surface area contributed by atoms with Crippen molar-refractivity contribution in [2.24, 2.45) is 5.73 Å². The largest absolute Gasteiger partial charge is 0.489 e. The maximum absolute atomic E-state index is 13.4. The molecule has 2 nitrogen and oxygen atoms in total. The fourth-order valence-corrected chi connectivity index (χ4v) is 1.88. The maximum atomic E-state index is 13.4. The molecule has 2 aromatic rings. The summed E-state index contributed by atoms with van der Waals surface area (Å²) in [5.74, 6) is 0.369. The van der Waals surface area contributed by atoms with Crippen LogP contribution in [0, 0.1) is 12.7 Å². The minimum atomic E-state index is -0.410. The molecule has 0 fully saturated rings. The third-order valence-corrected chi connectivity index (χ3v) is 2.91. The zero-order valence-electron chi connectivity index (χ0n) is 10.5. The lowest BCUT2D eigenvalue weighted by molar-refractivity contribution is 0.306. The number of hydrogen-bond donors (Lipinski definition) is 1. The van der Waals surface area contributed by atoms with Gasteiger partial charge in [0, 0.05) is 5.56 Å². The molecule has 0 heterocycles. The monoisotopic (exact) mass is 275 g/mol. The summed E-state index contributed by atoms with van der Waals surface area (Å²) in [4.78, 5) is 0.0508. The summed E-state index contributed by atoms with van der Waals surface area (Å²) >= 11 is 4.80. The molecule has 0 saturated heterocycles. The van der Waals surface area contributed by atoms with Gasteiger partial charge in [-0.3, -0.25) is 0 Å². The lowest BCUT2D eigenvalue weighted by Gasteiger charge is -2.08. The summed E-state index contributed by atoms with van der Waals surface area (Å²) in [6, 6.07) is 12.4. The van der Waals surface area contributed by atoms with Crippen LogP contribution in [0.3, 0.4) is 0 Å². The van der Waals surface area contributed by atoms with Gasteiger partial charge in [-0.15, -0.1) is 0 Å². The van der Waals surface area contributed by atoms with E-state index in [1.54, 1.807) is 12.1 Å². The van der Waals surface area contributed by atoms with Gasteiger partial charge in [0.1, 0.15) is 23.2 Å². The molecule has 0 amide bonds.